The average molecular weight is 436 g/mol. The summed E-state index contributed by atoms with van der Waals surface area (Å²) in [5.74, 6) is -5.89. The molecule has 0 saturated carbocycles. The lowest BCUT2D eigenvalue weighted by Gasteiger charge is -2.19. The van der Waals surface area contributed by atoms with Crippen LogP contribution in [0.3, 0.4) is 0 Å². The van der Waals surface area contributed by atoms with E-state index in [2.05, 4.69) is 15.5 Å². The van der Waals surface area contributed by atoms with Crippen LogP contribution in [0.15, 0.2) is 30.3 Å². The van der Waals surface area contributed by atoms with Gasteiger partial charge in [0.15, 0.2) is 5.82 Å². The molecule has 0 spiro atoms. The molecule has 162 valence electrons. The minimum Gasteiger partial charge on any atom is -0.361 e. The van der Waals surface area contributed by atoms with Crippen LogP contribution in [-0.4, -0.2) is 23.2 Å². The summed E-state index contributed by atoms with van der Waals surface area (Å²) in [4.78, 5) is 12.8. The number of nitrogens with one attached hydrogen (secondary N) is 1. The van der Waals surface area contributed by atoms with Gasteiger partial charge in [0.25, 0.3) is 6.43 Å². The summed E-state index contributed by atoms with van der Waals surface area (Å²) in [5.41, 5.74) is -0.769. The number of carbonyl (C=O) groups excluding carboxylic acids is 1. The van der Waals surface area contributed by atoms with Gasteiger partial charge in [-0.05, 0) is 26.0 Å². The van der Waals surface area contributed by atoms with Crippen LogP contribution in [0, 0.1) is 12.7 Å². The van der Waals surface area contributed by atoms with Crippen LogP contribution in [0.2, 0.25) is 0 Å². The SMILES string of the molecule is Cc1nnc(NC(C)c2cccc(C(F)F)c2F)c2cc3c(cc12)C(F)(F)C(=O)N3C. The molecule has 1 amide bonds. The molecule has 0 radical (unpaired) electrons. The molecule has 2 aromatic carbocycles. The average Bonchev–Trinajstić information content (AvgIpc) is 2.89. The van der Waals surface area contributed by atoms with Gasteiger partial charge in [-0.1, -0.05) is 18.2 Å². The van der Waals surface area contributed by atoms with Gasteiger partial charge >= 0.3 is 11.8 Å². The van der Waals surface area contributed by atoms with E-state index in [4.69, 9.17) is 0 Å². The summed E-state index contributed by atoms with van der Waals surface area (Å²) in [5, 5.41) is 11.7. The smallest absolute Gasteiger partial charge is 0.352 e. The number of hydrogen-bond donors (Lipinski definition) is 1. The van der Waals surface area contributed by atoms with Gasteiger partial charge in [-0.3, -0.25) is 4.79 Å². The number of carbonyl (C=O) groups is 1. The van der Waals surface area contributed by atoms with Gasteiger partial charge in [0, 0.05) is 23.4 Å². The molecule has 0 fully saturated rings. The van der Waals surface area contributed by atoms with Crippen LogP contribution in [0.5, 0.6) is 0 Å². The van der Waals surface area contributed by atoms with Crippen molar-refractivity contribution in [3.8, 4) is 0 Å². The monoisotopic (exact) mass is 436 g/mol. The van der Waals surface area contributed by atoms with Crippen LogP contribution in [0.25, 0.3) is 10.8 Å². The minimum absolute atomic E-state index is 0.00619. The first-order valence-electron chi connectivity index (χ1n) is 9.34. The zero-order valence-corrected chi connectivity index (χ0v) is 16.7. The molecule has 1 N–H and O–H groups in total. The van der Waals surface area contributed by atoms with Gasteiger partial charge in [-0.2, -0.15) is 13.9 Å². The molecular formula is C21H17F5N4O. The summed E-state index contributed by atoms with van der Waals surface area (Å²) in [6, 6.07) is 5.51. The molecule has 1 aliphatic rings. The third kappa shape index (κ3) is 3.17. The molecule has 31 heavy (non-hydrogen) atoms. The largest absolute Gasteiger partial charge is 0.361 e. The maximum Gasteiger partial charge on any atom is 0.352 e. The van der Waals surface area contributed by atoms with E-state index < -0.39 is 41.2 Å². The molecule has 10 heteroatoms. The molecule has 1 aliphatic heterocycles. The highest BCUT2D eigenvalue weighted by Crippen LogP contribution is 2.46. The van der Waals surface area contributed by atoms with E-state index in [-0.39, 0.29) is 17.1 Å². The van der Waals surface area contributed by atoms with Gasteiger partial charge in [0.2, 0.25) is 0 Å². The Balaban J connectivity index is 1.81. The molecule has 1 aromatic heterocycles. The number of hydrogen-bond acceptors (Lipinski definition) is 4. The summed E-state index contributed by atoms with van der Waals surface area (Å²) in [6.45, 7) is 3.14. The minimum atomic E-state index is -3.66. The molecule has 2 heterocycles. The van der Waals surface area contributed by atoms with Crippen LogP contribution in [0.1, 0.15) is 41.8 Å². The van der Waals surface area contributed by atoms with Crippen molar-refractivity contribution in [3.05, 3.63) is 58.5 Å². The predicted molar refractivity (Wildman–Crippen MR) is 105 cm³/mol. The third-order valence-corrected chi connectivity index (χ3v) is 5.47. The fourth-order valence-electron chi connectivity index (χ4n) is 3.74. The highest BCUT2D eigenvalue weighted by Gasteiger charge is 2.51. The molecule has 4 rings (SSSR count). The van der Waals surface area contributed by atoms with Gasteiger partial charge in [-0.15, -0.1) is 5.10 Å². The van der Waals surface area contributed by atoms with E-state index in [0.717, 1.165) is 11.0 Å². The van der Waals surface area contributed by atoms with Crippen molar-refractivity contribution in [2.24, 2.45) is 0 Å². The lowest BCUT2D eigenvalue weighted by molar-refractivity contribution is -0.141. The van der Waals surface area contributed by atoms with Crippen molar-refractivity contribution in [2.75, 3.05) is 17.3 Å². The number of amides is 1. The Kier molecular flexibility index (Phi) is 4.83. The quantitative estimate of drug-likeness (QED) is 0.567. The topological polar surface area (TPSA) is 58.1 Å². The van der Waals surface area contributed by atoms with Gasteiger partial charge in [-0.25, -0.2) is 13.2 Å². The highest BCUT2D eigenvalue weighted by molar-refractivity contribution is 6.09. The van der Waals surface area contributed by atoms with E-state index in [0.29, 0.717) is 16.5 Å². The fraction of sp³-hybridized carbons (Fsp3) is 0.286. The maximum absolute atomic E-state index is 14.5. The molecule has 1 unspecified atom stereocenters. The van der Waals surface area contributed by atoms with Crippen LogP contribution in [0.4, 0.5) is 33.5 Å². The molecule has 0 saturated heterocycles. The van der Waals surface area contributed by atoms with Crippen molar-refractivity contribution in [2.45, 2.75) is 32.2 Å². The zero-order chi connectivity index (χ0) is 22.7. The van der Waals surface area contributed by atoms with E-state index in [1.807, 2.05) is 0 Å². The van der Waals surface area contributed by atoms with Crippen molar-refractivity contribution in [3.63, 3.8) is 0 Å². The number of alkyl halides is 4. The lowest BCUT2D eigenvalue weighted by atomic mass is 10.0. The summed E-state index contributed by atoms with van der Waals surface area (Å²) in [7, 11) is 1.25. The Hall–Kier alpha value is -3.30. The Bertz CT molecular complexity index is 1210. The fourth-order valence-corrected chi connectivity index (χ4v) is 3.74. The molecule has 0 aliphatic carbocycles. The molecule has 5 nitrogen and oxygen atoms in total. The van der Waals surface area contributed by atoms with Crippen LogP contribution >= 0.6 is 0 Å². The second kappa shape index (κ2) is 7.14. The van der Waals surface area contributed by atoms with Crippen molar-refractivity contribution < 1.29 is 26.7 Å². The Morgan fingerprint density at radius 3 is 2.45 bits per heavy atom. The number of anilines is 2. The normalized spacial score (nSPS) is 16.2. The Labute approximate surface area is 173 Å². The first kappa shape index (κ1) is 21.0. The van der Waals surface area contributed by atoms with Gasteiger partial charge < -0.3 is 10.2 Å². The van der Waals surface area contributed by atoms with Gasteiger partial charge in [0.1, 0.15) is 5.82 Å². The number of nitrogens with zero attached hydrogens (tertiary/aromatic N) is 3. The standard InChI is InChI=1S/C21H17F5N4O/c1-9(11-5-4-6-12(17(11)22)18(23)24)27-19-14-8-16-15(7-13(14)10(2)28-29-19)21(25,26)20(31)30(16)3/h4-9,18H,1-3H3,(H,27,29). The van der Waals surface area contributed by atoms with Crippen LogP contribution < -0.4 is 10.2 Å². The first-order valence-corrected chi connectivity index (χ1v) is 9.34. The number of rotatable bonds is 4. The number of fused-ring (bicyclic) bond motifs is 2. The molecule has 3 aromatic rings. The maximum atomic E-state index is 14.5. The summed E-state index contributed by atoms with van der Waals surface area (Å²) in [6.07, 6.45) is -2.97. The van der Waals surface area contributed by atoms with Gasteiger partial charge in [0.05, 0.1) is 28.6 Å². The number of benzene rings is 2. The molecule has 1 atom stereocenters. The first-order chi connectivity index (χ1) is 14.5. The highest BCUT2D eigenvalue weighted by atomic mass is 19.3. The number of halogens is 5. The van der Waals surface area contributed by atoms with E-state index >= 15 is 0 Å². The Morgan fingerprint density at radius 2 is 1.77 bits per heavy atom. The van der Waals surface area contributed by atoms with Crippen LogP contribution in [-0.2, 0) is 10.7 Å². The number of aromatic nitrogens is 2. The zero-order valence-electron chi connectivity index (χ0n) is 16.7. The van der Waals surface area contributed by atoms with Crippen molar-refractivity contribution in [1.29, 1.82) is 0 Å². The third-order valence-electron chi connectivity index (χ3n) is 5.47. The molecule has 0 bridgehead atoms. The number of aryl methyl sites for hydroxylation is 1. The van der Waals surface area contributed by atoms with E-state index in [1.165, 1.54) is 31.3 Å². The van der Waals surface area contributed by atoms with Crippen molar-refractivity contribution >= 4 is 28.2 Å². The van der Waals surface area contributed by atoms with E-state index in [1.54, 1.807) is 13.8 Å². The number of likely N-dealkylation sites (N-methyl/N-ethyl adjacent to an activating group) is 1. The van der Waals surface area contributed by atoms with E-state index in [9.17, 15) is 26.7 Å². The Morgan fingerprint density at radius 1 is 1.10 bits per heavy atom. The molecular weight excluding hydrogens is 419 g/mol. The predicted octanol–water partition coefficient (Wildman–Crippen LogP) is 5.26. The summed E-state index contributed by atoms with van der Waals surface area (Å²) >= 11 is 0. The lowest BCUT2D eigenvalue weighted by Crippen LogP contribution is -2.31. The van der Waals surface area contributed by atoms with Crippen molar-refractivity contribution in [1.82, 2.24) is 10.2 Å². The second-order valence-electron chi connectivity index (χ2n) is 7.40. The second-order valence-corrected chi connectivity index (χ2v) is 7.40. The summed E-state index contributed by atoms with van der Waals surface area (Å²) < 4.78 is 69.3.